The number of benzene rings is 3. The van der Waals surface area contributed by atoms with Crippen molar-refractivity contribution in [2.75, 3.05) is 23.8 Å². The van der Waals surface area contributed by atoms with Crippen molar-refractivity contribution in [2.24, 2.45) is 0 Å². The number of carbonyl (C=O) groups excluding carboxylic acids is 1. The molecule has 3 aromatic carbocycles. The van der Waals surface area contributed by atoms with Crippen molar-refractivity contribution in [3.8, 4) is 11.5 Å². The van der Waals surface area contributed by atoms with Crippen LogP contribution in [0.3, 0.4) is 0 Å². The summed E-state index contributed by atoms with van der Waals surface area (Å²) < 4.78 is 12.2. The minimum atomic E-state index is -1.08. The first-order valence-electron chi connectivity index (χ1n) is 10.5. The number of ether oxygens (including phenoxy) is 2. The Morgan fingerprint density at radius 3 is 2.32 bits per heavy atom. The fourth-order valence-corrected chi connectivity index (χ4v) is 3.79. The van der Waals surface area contributed by atoms with E-state index in [0.29, 0.717) is 36.0 Å². The highest BCUT2D eigenvalue weighted by Gasteiger charge is 2.14. The van der Waals surface area contributed by atoms with Gasteiger partial charge in [0.25, 0.3) is 5.91 Å². The van der Waals surface area contributed by atoms with Crippen molar-refractivity contribution in [2.45, 2.75) is 20.4 Å². The number of amides is 1. The van der Waals surface area contributed by atoms with Crippen molar-refractivity contribution in [1.82, 2.24) is 0 Å². The second-order valence-electron chi connectivity index (χ2n) is 7.38. The molecule has 0 aliphatic rings. The van der Waals surface area contributed by atoms with Gasteiger partial charge in [-0.05, 0) is 61.9 Å². The van der Waals surface area contributed by atoms with Crippen LogP contribution in [0.15, 0.2) is 59.1 Å². The topological polar surface area (TPSA) is 96.9 Å². The molecule has 0 aliphatic carbocycles. The lowest BCUT2D eigenvalue weighted by Gasteiger charge is -2.16. The van der Waals surface area contributed by atoms with Crippen LogP contribution in [0.5, 0.6) is 11.5 Å². The first-order valence-corrected chi connectivity index (χ1v) is 11.6. The van der Waals surface area contributed by atoms with Crippen molar-refractivity contribution >= 4 is 50.8 Å². The zero-order chi connectivity index (χ0) is 24.7. The van der Waals surface area contributed by atoms with Crippen molar-refractivity contribution in [3.63, 3.8) is 0 Å². The van der Waals surface area contributed by atoms with E-state index in [2.05, 4.69) is 26.6 Å². The second kappa shape index (κ2) is 11.8. The van der Waals surface area contributed by atoms with Crippen LogP contribution in [-0.2, 0) is 11.3 Å². The normalized spacial score (nSPS) is 10.5. The summed E-state index contributed by atoms with van der Waals surface area (Å²) in [6, 6.07) is 15.7. The molecule has 0 aromatic heterocycles. The quantitative estimate of drug-likeness (QED) is 0.282. The van der Waals surface area contributed by atoms with Crippen molar-refractivity contribution in [3.05, 3.63) is 80.8 Å². The molecule has 0 atom stereocenters. The molecular weight excluding hydrogens is 524 g/mol. The third-order valence-corrected chi connectivity index (χ3v) is 5.84. The van der Waals surface area contributed by atoms with E-state index in [4.69, 9.17) is 26.2 Å². The average molecular weight is 548 g/mol. The summed E-state index contributed by atoms with van der Waals surface area (Å²) in [5.74, 6) is -0.422. The molecule has 3 aromatic rings. The largest absolute Gasteiger partial charge is 0.490 e. The molecule has 3 rings (SSSR count). The molecule has 0 spiro atoms. The van der Waals surface area contributed by atoms with Gasteiger partial charge in [-0.3, -0.25) is 4.79 Å². The number of halogens is 2. The first kappa shape index (κ1) is 25.4. The van der Waals surface area contributed by atoms with Gasteiger partial charge in [-0.2, -0.15) is 0 Å². The van der Waals surface area contributed by atoms with Crippen molar-refractivity contribution in [1.29, 1.82) is 0 Å². The minimum absolute atomic E-state index is 0.0416. The number of hydrogen-bond donors (Lipinski definition) is 3. The number of nitrogens with one attached hydrogen (secondary N) is 2. The van der Waals surface area contributed by atoms with Gasteiger partial charge in [-0.15, -0.1) is 0 Å². The summed E-state index contributed by atoms with van der Waals surface area (Å²) in [5, 5.41) is 15.3. The summed E-state index contributed by atoms with van der Waals surface area (Å²) in [4.78, 5) is 23.4. The molecule has 0 aliphatic heterocycles. The number of rotatable bonds is 10. The lowest BCUT2D eigenvalue weighted by molar-refractivity contribution is -0.118. The minimum Gasteiger partial charge on any atom is -0.490 e. The SMILES string of the molecule is CCOc1cc(CNc2ccc(C(=O)O)c(Cl)c2)c(Br)cc1OCC(=O)Nc1ccc(C)cc1. The van der Waals surface area contributed by atoms with Gasteiger partial charge < -0.3 is 25.2 Å². The molecule has 0 saturated carbocycles. The zero-order valence-electron chi connectivity index (χ0n) is 18.7. The molecule has 34 heavy (non-hydrogen) atoms. The molecule has 7 nitrogen and oxygen atoms in total. The third-order valence-electron chi connectivity index (χ3n) is 4.79. The lowest BCUT2D eigenvalue weighted by atomic mass is 10.1. The van der Waals surface area contributed by atoms with E-state index in [0.717, 1.165) is 15.6 Å². The van der Waals surface area contributed by atoms with Gasteiger partial charge in [0, 0.05) is 22.4 Å². The lowest BCUT2D eigenvalue weighted by Crippen LogP contribution is -2.20. The highest BCUT2D eigenvalue weighted by Crippen LogP contribution is 2.34. The average Bonchev–Trinajstić information content (AvgIpc) is 2.79. The molecular formula is C25H24BrClN2O5. The van der Waals surface area contributed by atoms with Crippen LogP contribution < -0.4 is 20.1 Å². The molecule has 178 valence electrons. The number of carboxylic acid groups (broad SMARTS) is 1. The fraction of sp³-hybridized carbons (Fsp3) is 0.200. The van der Waals surface area contributed by atoms with E-state index in [9.17, 15) is 9.59 Å². The molecule has 0 bridgehead atoms. The number of aryl methyl sites for hydroxylation is 1. The Balaban J connectivity index is 1.67. The van der Waals surface area contributed by atoms with Gasteiger partial charge in [0.15, 0.2) is 18.1 Å². The van der Waals surface area contributed by atoms with Crippen LogP contribution in [0.2, 0.25) is 5.02 Å². The Labute approximate surface area is 211 Å². The Morgan fingerprint density at radius 1 is 1.00 bits per heavy atom. The zero-order valence-corrected chi connectivity index (χ0v) is 21.0. The Kier molecular flexibility index (Phi) is 8.79. The summed E-state index contributed by atoms with van der Waals surface area (Å²) >= 11 is 9.58. The molecule has 0 heterocycles. The molecule has 0 unspecified atom stereocenters. The van der Waals surface area contributed by atoms with E-state index < -0.39 is 5.97 Å². The summed E-state index contributed by atoms with van der Waals surface area (Å²) in [5.41, 5.74) is 3.39. The molecule has 3 N–H and O–H groups in total. The van der Waals surface area contributed by atoms with Gasteiger partial charge in [0.1, 0.15) is 0 Å². The first-order chi connectivity index (χ1) is 16.3. The second-order valence-corrected chi connectivity index (χ2v) is 8.64. The van der Waals surface area contributed by atoms with Gasteiger partial charge in [0.05, 0.1) is 17.2 Å². The van der Waals surface area contributed by atoms with Crippen molar-refractivity contribution < 1.29 is 24.2 Å². The smallest absolute Gasteiger partial charge is 0.337 e. The summed E-state index contributed by atoms with van der Waals surface area (Å²) in [6.45, 7) is 4.50. The molecule has 0 saturated heterocycles. The van der Waals surface area contributed by atoms with E-state index >= 15 is 0 Å². The van der Waals surface area contributed by atoms with Crippen LogP contribution in [0, 0.1) is 6.92 Å². The molecule has 9 heteroatoms. The van der Waals surface area contributed by atoms with Gasteiger partial charge >= 0.3 is 5.97 Å². The van der Waals surface area contributed by atoms with E-state index in [-0.39, 0.29) is 23.1 Å². The molecule has 0 radical (unpaired) electrons. The van der Waals surface area contributed by atoms with E-state index in [1.807, 2.05) is 44.2 Å². The van der Waals surface area contributed by atoms with Crippen LogP contribution in [-0.4, -0.2) is 30.2 Å². The van der Waals surface area contributed by atoms with Crippen LogP contribution in [0.4, 0.5) is 11.4 Å². The number of carbonyl (C=O) groups is 2. The van der Waals surface area contributed by atoms with Gasteiger partial charge in [-0.1, -0.05) is 45.2 Å². The Bertz CT molecular complexity index is 1180. The maximum absolute atomic E-state index is 12.3. The van der Waals surface area contributed by atoms with Gasteiger partial charge in [-0.25, -0.2) is 4.79 Å². The summed E-state index contributed by atoms with van der Waals surface area (Å²) in [7, 11) is 0. The summed E-state index contributed by atoms with van der Waals surface area (Å²) in [6.07, 6.45) is 0. The predicted molar refractivity (Wildman–Crippen MR) is 136 cm³/mol. The van der Waals surface area contributed by atoms with Crippen LogP contribution >= 0.6 is 27.5 Å². The van der Waals surface area contributed by atoms with E-state index in [1.54, 1.807) is 18.2 Å². The number of carboxylic acids is 1. The highest BCUT2D eigenvalue weighted by molar-refractivity contribution is 9.10. The third kappa shape index (κ3) is 6.88. The fourth-order valence-electron chi connectivity index (χ4n) is 3.07. The molecule has 0 fully saturated rings. The van der Waals surface area contributed by atoms with Gasteiger partial charge in [0.2, 0.25) is 0 Å². The number of anilines is 2. The maximum atomic E-state index is 12.3. The maximum Gasteiger partial charge on any atom is 0.337 e. The van der Waals surface area contributed by atoms with E-state index in [1.165, 1.54) is 6.07 Å². The Hall–Kier alpha value is -3.23. The predicted octanol–water partition coefficient (Wildman–Crippen LogP) is 6.14. The standard InChI is InChI=1S/C25H24BrClN2O5/c1-3-33-22-10-16(13-28-18-8-9-19(25(31)32)21(27)11-18)20(26)12-23(22)34-14-24(30)29-17-6-4-15(2)5-7-17/h4-12,28H,3,13-14H2,1-2H3,(H,29,30)(H,31,32). The number of hydrogen-bond acceptors (Lipinski definition) is 5. The van der Waals surface area contributed by atoms with Crippen LogP contribution in [0.1, 0.15) is 28.4 Å². The molecule has 1 amide bonds. The monoisotopic (exact) mass is 546 g/mol. The number of aromatic carboxylic acids is 1. The highest BCUT2D eigenvalue weighted by atomic mass is 79.9. The Morgan fingerprint density at radius 2 is 1.68 bits per heavy atom. The van der Waals surface area contributed by atoms with Crippen LogP contribution in [0.25, 0.3) is 0 Å².